The second kappa shape index (κ2) is 11.4. The van der Waals surface area contributed by atoms with Crippen molar-refractivity contribution in [2.75, 3.05) is 44.8 Å². The van der Waals surface area contributed by atoms with Gasteiger partial charge in [-0.3, -0.25) is 19.5 Å². The molecule has 0 radical (unpaired) electrons. The number of hydrogen-bond donors (Lipinski definition) is 2. The zero-order chi connectivity index (χ0) is 28.4. The number of halogens is 6. The van der Waals surface area contributed by atoms with E-state index in [1.807, 2.05) is 4.90 Å². The lowest BCUT2D eigenvalue weighted by Gasteiger charge is -2.39. The number of aromatic nitrogens is 3. The Morgan fingerprint density at radius 2 is 2.00 bits per heavy atom. The molecule has 0 bridgehead atoms. The molecule has 2 aliphatic heterocycles. The lowest BCUT2D eigenvalue weighted by atomic mass is 10.1. The molecule has 0 spiro atoms. The van der Waals surface area contributed by atoms with Gasteiger partial charge in [0.15, 0.2) is 0 Å². The Hall–Kier alpha value is -3.40. The van der Waals surface area contributed by atoms with Gasteiger partial charge in [0.25, 0.3) is 5.56 Å². The van der Waals surface area contributed by atoms with Gasteiger partial charge in [-0.15, -0.1) is 0 Å². The van der Waals surface area contributed by atoms with Crippen LogP contribution in [0.3, 0.4) is 0 Å². The Morgan fingerprint density at radius 3 is 2.72 bits per heavy atom. The maximum absolute atomic E-state index is 13.2. The summed E-state index contributed by atoms with van der Waals surface area (Å²) in [7, 11) is 0. The minimum absolute atomic E-state index is 0.0154. The van der Waals surface area contributed by atoms with Crippen molar-refractivity contribution in [2.45, 2.75) is 44.3 Å². The number of carbonyl (C=O) groups excluding carboxylic acids is 1. The number of piperazine rings is 1. The molecule has 2 aromatic rings. The van der Waals surface area contributed by atoms with Crippen LogP contribution in [-0.2, 0) is 28.4 Å². The van der Waals surface area contributed by atoms with Gasteiger partial charge in [0.05, 0.1) is 48.8 Å². The molecule has 2 aliphatic rings. The Labute approximate surface area is 218 Å². The van der Waals surface area contributed by atoms with Crippen molar-refractivity contribution in [3.8, 4) is 5.75 Å². The van der Waals surface area contributed by atoms with E-state index >= 15 is 0 Å². The van der Waals surface area contributed by atoms with Crippen LogP contribution >= 0.6 is 0 Å². The molecular formula is C23H26F6N6O4. The van der Waals surface area contributed by atoms with Gasteiger partial charge < -0.3 is 19.7 Å². The Bertz CT molecular complexity index is 1240. The average molecular weight is 564 g/mol. The summed E-state index contributed by atoms with van der Waals surface area (Å²) in [6, 6.07) is 0.0825. The molecule has 10 nitrogen and oxygen atoms in total. The predicted molar refractivity (Wildman–Crippen MR) is 124 cm³/mol. The molecular weight excluding hydrogens is 538 g/mol. The molecule has 0 aliphatic carbocycles. The summed E-state index contributed by atoms with van der Waals surface area (Å²) in [5.41, 5.74) is -3.72. The number of anilines is 1. The van der Waals surface area contributed by atoms with E-state index < -0.39 is 40.8 Å². The molecule has 0 aromatic carbocycles. The number of alkyl halides is 6. The summed E-state index contributed by atoms with van der Waals surface area (Å²) in [6.45, 7) is 3.12. The van der Waals surface area contributed by atoms with Crippen LogP contribution in [0, 0.1) is 0 Å². The zero-order valence-electron chi connectivity index (χ0n) is 20.7. The van der Waals surface area contributed by atoms with E-state index in [9.17, 15) is 35.9 Å². The SMILES string of the molecule is CC(COCCC(=O)N1CCN2Cc3ncc(C(F)(F)F)cc3OC[C@@H]2C1)Nc1cn[nH]c(=O)c1C(F)(F)F. The summed E-state index contributed by atoms with van der Waals surface area (Å²) in [4.78, 5) is 31.9. The summed E-state index contributed by atoms with van der Waals surface area (Å²) in [6.07, 6.45) is -7.73. The lowest BCUT2D eigenvalue weighted by molar-refractivity contribution is -0.138. The van der Waals surface area contributed by atoms with E-state index in [1.54, 1.807) is 16.9 Å². The van der Waals surface area contributed by atoms with Gasteiger partial charge >= 0.3 is 12.4 Å². The normalized spacial score (nSPS) is 18.9. The standard InChI is InChI=1S/C23H26F6N6O4/c1-13(32-16-8-31-33-21(37)20(16)23(27,28)29)11-38-5-2-19(36)35-4-3-34-10-17-18(39-12-15(34)9-35)6-14(7-30-17)22(24,25)26/h6-8,13,15H,2-5,9-12H2,1H3,(H2,32,33,37)/t13?,15-/m0/s1. The van der Waals surface area contributed by atoms with Crippen LogP contribution in [0.1, 0.15) is 30.2 Å². The number of H-pyrrole nitrogens is 1. The van der Waals surface area contributed by atoms with Gasteiger partial charge in [0.2, 0.25) is 5.91 Å². The topological polar surface area (TPSA) is 113 Å². The first kappa shape index (κ1) is 28.6. The number of rotatable bonds is 7. The van der Waals surface area contributed by atoms with Gasteiger partial charge in [-0.25, -0.2) is 5.10 Å². The Kier molecular flexibility index (Phi) is 8.34. The lowest BCUT2D eigenvalue weighted by Crippen LogP contribution is -2.55. The fraction of sp³-hybridized carbons (Fsp3) is 0.565. The van der Waals surface area contributed by atoms with Gasteiger partial charge in [-0.05, 0) is 13.0 Å². The van der Waals surface area contributed by atoms with Crippen LogP contribution in [0.4, 0.5) is 32.0 Å². The van der Waals surface area contributed by atoms with Crippen molar-refractivity contribution in [2.24, 2.45) is 0 Å². The Balaban J connectivity index is 1.24. The Morgan fingerprint density at radius 1 is 1.23 bits per heavy atom. The molecule has 2 aromatic heterocycles. The van der Waals surface area contributed by atoms with E-state index in [2.05, 4.69) is 15.4 Å². The number of fused-ring (bicyclic) bond motifs is 2. The first-order chi connectivity index (χ1) is 18.3. The fourth-order valence-corrected chi connectivity index (χ4v) is 4.41. The second-order valence-corrected chi connectivity index (χ2v) is 9.30. The molecule has 214 valence electrons. The van der Waals surface area contributed by atoms with E-state index in [4.69, 9.17) is 9.47 Å². The van der Waals surface area contributed by atoms with Gasteiger partial charge in [-0.1, -0.05) is 0 Å². The van der Waals surface area contributed by atoms with Crippen LogP contribution < -0.4 is 15.6 Å². The van der Waals surface area contributed by atoms with Crippen molar-refractivity contribution >= 4 is 11.6 Å². The average Bonchev–Trinajstić information content (AvgIpc) is 3.03. The monoisotopic (exact) mass is 564 g/mol. The van der Waals surface area contributed by atoms with Crippen LogP contribution in [0.25, 0.3) is 0 Å². The van der Waals surface area contributed by atoms with Crippen molar-refractivity contribution in [3.63, 3.8) is 0 Å². The van der Waals surface area contributed by atoms with E-state index in [0.717, 1.165) is 18.5 Å². The molecule has 0 saturated carbocycles. The minimum atomic E-state index is -4.87. The van der Waals surface area contributed by atoms with E-state index in [1.165, 1.54) is 0 Å². The van der Waals surface area contributed by atoms with E-state index in [-0.39, 0.29) is 43.9 Å². The van der Waals surface area contributed by atoms with Crippen molar-refractivity contribution in [1.29, 1.82) is 0 Å². The fourth-order valence-electron chi connectivity index (χ4n) is 4.41. The van der Waals surface area contributed by atoms with Crippen LogP contribution in [-0.4, -0.2) is 82.4 Å². The maximum Gasteiger partial charge on any atom is 0.423 e. The predicted octanol–water partition coefficient (Wildman–Crippen LogP) is 2.51. The highest BCUT2D eigenvalue weighted by Crippen LogP contribution is 2.34. The molecule has 4 rings (SSSR count). The number of aromatic amines is 1. The summed E-state index contributed by atoms with van der Waals surface area (Å²) in [5, 5.41) is 7.70. The first-order valence-electron chi connectivity index (χ1n) is 12.0. The molecule has 2 atom stereocenters. The number of carbonyl (C=O) groups is 1. The third-order valence-electron chi connectivity index (χ3n) is 6.37. The molecule has 39 heavy (non-hydrogen) atoms. The van der Waals surface area contributed by atoms with Crippen LogP contribution in [0.15, 0.2) is 23.3 Å². The van der Waals surface area contributed by atoms with Crippen molar-refractivity contribution in [1.82, 2.24) is 25.0 Å². The molecule has 16 heteroatoms. The van der Waals surface area contributed by atoms with Crippen molar-refractivity contribution < 1.29 is 40.6 Å². The minimum Gasteiger partial charge on any atom is -0.490 e. The summed E-state index contributed by atoms with van der Waals surface area (Å²) < 4.78 is 89.6. The highest BCUT2D eigenvalue weighted by atomic mass is 19.4. The summed E-state index contributed by atoms with van der Waals surface area (Å²) >= 11 is 0. The number of pyridine rings is 1. The van der Waals surface area contributed by atoms with Gasteiger partial charge in [0.1, 0.15) is 17.9 Å². The van der Waals surface area contributed by atoms with Crippen LogP contribution in [0.2, 0.25) is 0 Å². The quantitative estimate of drug-likeness (QED) is 0.390. The number of nitrogens with zero attached hydrogens (tertiary/aromatic N) is 4. The van der Waals surface area contributed by atoms with Crippen molar-refractivity contribution in [3.05, 3.63) is 45.6 Å². The third-order valence-corrected chi connectivity index (χ3v) is 6.37. The van der Waals surface area contributed by atoms with Gasteiger partial charge in [0, 0.05) is 38.4 Å². The summed E-state index contributed by atoms with van der Waals surface area (Å²) in [5.74, 6) is -0.126. The molecule has 2 N–H and O–H groups in total. The molecule has 1 unspecified atom stereocenters. The molecule has 1 fully saturated rings. The van der Waals surface area contributed by atoms with E-state index in [0.29, 0.717) is 31.9 Å². The maximum atomic E-state index is 13.2. The number of ether oxygens (including phenoxy) is 2. The number of hydrogen-bond acceptors (Lipinski definition) is 8. The molecule has 4 heterocycles. The smallest absolute Gasteiger partial charge is 0.423 e. The molecule has 1 saturated heterocycles. The second-order valence-electron chi connectivity index (χ2n) is 9.30. The number of amides is 1. The zero-order valence-corrected chi connectivity index (χ0v) is 20.7. The highest BCUT2D eigenvalue weighted by Gasteiger charge is 2.38. The highest BCUT2D eigenvalue weighted by molar-refractivity contribution is 5.76. The number of nitrogens with one attached hydrogen (secondary N) is 2. The van der Waals surface area contributed by atoms with Crippen LogP contribution in [0.5, 0.6) is 5.75 Å². The largest absolute Gasteiger partial charge is 0.490 e. The van der Waals surface area contributed by atoms with Gasteiger partial charge in [-0.2, -0.15) is 31.4 Å². The third kappa shape index (κ3) is 6.98. The molecule has 1 amide bonds. The first-order valence-corrected chi connectivity index (χ1v) is 12.0.